The van der Waals surface area contributed by atoms with Crippen LogP contribution in [0.5, 0.6) is 0 Å². The van der Waals surface area contributed by atoms with Crippen LogP contribution in [0.4, 0.5) is 0 Å². The largest absolute Gasteiger partial charge is 0.481 e. The number of halogens is 6. The second kappa shape index (κ2) is 11.1. The van der Waals surface area contributed by atoms with Gasteiger partial charge in [0.25, 0.3) is 5.97 Å². The highest BCUT2D eigenvalue weighted by Crippen LogP contribution is 2.37. The van der Waals surface area contributed by atoms with Gasteiger partial charge in [0.05, 0.1) is 0 Å². The third-order valence-corrected chi connectivity index (χ3v) is 4.18. The maximum absolute atomic E-state index is 9.33. The molecule has 0 radical (unpaired) electrons. The van der Waals surface area contributed by atoms with E-state index in [9.17, 15) is 5.11 Å². The van der Waals surface area contributed by atoms with E-state index in [1.807, 2.05) is 0 Å². The minimum Gasteiger partial charge on any atom is -0.481 e. The molecule has 0 aromatic heterocycles. The molecule has 0 bridgehead atoms. The number of hydrogen-bond acceptors (Lipinski definition) is 3. The van der Waals surface area contributed by atoms with E-state index in [4.69, 9.17) is 79.5 Å². The van der Waals surface area contributed by atoms with Crippen molar-refractivity contribution >= 4 is 87.3 Å². The summed E-state index contributed by atoms with van der Waals surface area (Å²) in [5.74, 6) is -0.185. The summed E-state index contributed by atoms with van der Waals surface area (Å²) in [6.45, 7) is 1.08. The Kier molecular flexibility index (Phi) is 13.4. The Morgan fingerprint density at radius 3 is 1.89 bits per heavy atom. The summed E-state index contributed by atoms with van der Waals surface area (Å²) < 4.78 is -2.86. The van der Waals surface area contributed by atoms with Crippen molar-refractivity contribution in [2.24, 2.45) is 0 Å². The van der Waals surface area contributed by atoms with Gasteiger partial charge in [0.1, 0.15) is 5.44 Å². The molecule has 1 unspecified atom stereocenters. The lowest BCUT2D eigenvalue weighted by molar-refractivity contribution is -0.134. The van der Waals surface area contributed by atoms with Crippen molar-refractivity contribution in [3.05, 3.63) is 0 Å². The maximum atomic E-state index is 9.33. The van der Waals surface area contributed by atoms with Crippen LogP contribution in [0, 0.1) is 0 Å². The topological polar surface area (TPSA) is 57.5 Å². The molecule has 3 nitrogen and oxygen atoms in total. The first-order valence-electron chi connectivity index (χ1n) is 4.99. The summed E-state index contributed by atoms with van der Waals surface area (Å²) in [5, 5.41) is 16.8. The van der Waals surface area contributed by atoms with E-state index >= 15 is 0 Å². The number of rotatable bonds is 5. The molecule has 10 heteroatoms. The molecular formula is C9H14Cl6O3S. The molecular weight excluding hydrogens is 401 g/mol. The number of carbonyl (C=O) groups is 1. The van der Waals surface area contributed by atoms with Crippen LogP contribution in [0.1, 0.15) is 26.2 Å². The van der Waals surface area contributed by atoms with Crippen molar-refractivity contribution < 1.29 is 15.0 Å². The van der Waals surface area contributed by atoms with Crippen LogP contribution in [-0.2, 0) is 4.79 Å². The molecule has 1 atom stereocenters. The lowest BCUT2D eigenvalue weighted by Gasteiger charge is -2.18. The Hall–Kier alpha value is 1.52. The van der Waals surface area contributed by atoms with Crippen LogP contribution in [0.2, 0.25) is 0 Å². The molecule has 0 heterocycles. The van der Waals surface area contributed by atoms with Crippen LogP contribution in [-0.4, -0.2) is 35.0 Å². The van der Waals surface area contributed by atoms with Gasteiger partial charge in [0.15, 0.2) is 3.79 Å². The number of aliphatic hydroxyl groups excluding tert-OH is 1. The lowest BCUT2D eigenvalue weighted by Crippen LogP contribution is -2.21. The van der Waals surface area contributed by atoms with E-state index in [2.05, 4.69) is 0 Å². The monoisotopic (exact) mass is 412 g/mol. The summed E-state index contributed by atoms with van der Waals surface area (Å²) in [7, 11) is 0. The number of thioether (sulfide) groups is 1. The number of alkyl halides is 6. The molecule has 0 aliphatic rings. The predicted octanol–water partition coefficient (Wildman–Crippen LogP) is 5.04. The van der Waals surface area contributed by atoms with Gasteiger partial charge in [-0.2, -0.15) is 0 Å². The summed E-state index contributed by atoms with van der Waals surface area (Å²) >= 11 is 34.2. The average molecular weight is 415 g/mol. The van der Waals surface area contributed by atoms with E-state index in [1.165, 1.54) is 0 Å². The fourth-order valence-electron chi connectivity index (χ4n) is 0.717. The Balaban J connectivity index is 0. The molecule has 0 amide bonds. The summed E-state index contributed by atoms with van der Waals surface area (Å²) in [6, 6.07) is 0. The number of aliphatic hydroxyl groups is 1. The van der Waals surface area contributed by atoms with E-state index in [-0.39, 0.29) is 0 Å². The van der Waals surface area contributed by atoms with Crippen LogP contribution in [0.3, 0.4) is 0 Å². The van der Waals surface area contributed by atoms with Gasteiger partial charge in [-0.05, 0) is 25.0 Å². The van der Waals surface area contributed by atoms with Crippen molar-refractivity contribution in [3.8, 4) is 0 Å². The average Bonchev–Trinajstić information content (AvgIpc) is 2.12. The van der Waals surface area contributed by atoms with Crippen molar-refractivity contribution in [1.29, 1.82) is 0 Å². The molecule has 0 aromatic carbocycles. The predicted molar refractivity (Wildman–Crippen MR) is 86.2 cm³/mol. The smallest absolute Gasteiger partial charge is 0.300 e. The molecule has 2 N–H and O–H groups in total. The molecule has 0 aromatic rings. The van der Waals surface area contributed by atoms with Crippen LogP contribution in [0.15, 0.2) is 0 Å². The van der Waals surface area contributed by atoms with E-state index in [0.717, 1.165) is 31.5 Å². The first-order chi connectivity index (χ1) is 8.36. The Labute approximate surface area is 146 Å². The SMILES string of the molecule is CC(=O)O.OC(SCCCCC(Cl)(Cl)Cl)C(Cl)(Cl)Cl. The van der Waals surface area contributed by atoms with Gasteiger partial charge in [-0.15, -0.1) is 11.8 Å². The van der Waals surface area contributed by atoms with E-state index < -0.39 is 19.0 Å². The number of unbranched alkanes of at least 4 members (excludes halogenated alkanes) is 1. The lowest BCUT2D eigenvalue weighted by atomic mass is 10.3. The molecule has 0 spiro atoms. The Morgan fingerprint density at radius 2 is 1.58 bits per heavy atom. The van der Waals surface area contributed by atoms with Crippen molar-refractivity contribution in [3.63, 3.8) is 0 Å². The zero-order chi connectivity index (χ0) is 15.7. The van der Waals surface area contributed by atoms with Crippen LogP contribution < -0.4 is 0 Å². The highest BCUT2D eigenvalue weighted by atomic mass is 35.6. The van der Waals surface area contributed by atoms with Gasteiger partial charge >= 0.3 is 0 Å². The molecule has 0 rings (SSSR count). The number of carboxylic acid groups (broad SMARTS) is 1. The fourth-order valence-corrected chi connectivity index (χ4v) is 2.47. The Bertz CT molecular complexity index is 249. The Morgan fingerprint density at radius 1 is 1.16 bits per heavy atom. The first kappa shape index (κ1) is 22.8. The van der Waals surface area contributed by atoms with Gasteiger partial charge < -0.3 is 10.2 Å². The van der Waals surface area contributed by atoms with Crippen molar-refractivity contribution in [2.45, 2.75) is 39.2 Å². The van der Waals surface area contributed by atoms with Crippen LogP contribution in [0.25, 0.3) is 0 Å². The maximum Gasteiger partial charge on any atom is 0.300 e. The minimum atomic E-state index is -1.65. The second-order valence-corrected chi connectivity index (χ2v) is 9.43. The zero-order valence-corrected chi connectivity index (χ0v) is 15.2. The zero-order valence-electron chi connectivity index (χ0n) is 9.88. The molecule has 0 saturated carbocycles. The van der Waals surface area contributed by atoms with Crippen molar-refractivity contribution in [1.82, 2.24) is 0 Å². The van der Waals surface area contributed by atoms with E-state index in [0.29, 0.717) is 12.2 Å². The number of hydrogen-bond donors (Lipinski definition) is 2. The third kappa shape index (κ3) is 22.0. The molecule has 0 fully saturated rings. The second-order valence-electron chi connectivity index (χ2n) is 3.36. The van der Waals surface area contributed by atoms with Gasteiger partial charge in [-0.1, -0.05) is 69.6 Å². The van der Waals surface area contributed by atoms with Crippen molar-refractivity contribution in [2.75, 3.05) is 5.75 Å². The fraction of sp³-hybridized carbons (Fsp3) is 0.889. The van der Waals surface area contributed by atoms with Gasteiger partial charge in [0.2, 0.25) is 3.79 Å². The highest BCUT2D eigenvalue weighted by Gasteiger charge is 2.30. The summed E-state index contributed by atoms with van der Waals surface area (Å²) in [6.07, 6.45) is 2.01. The van der Waals surface area contributed by atoms with Gasteiger partial charge in [0, 0.05) is 6.92 Å². The third-order valence-electron chi connectivity index (χ3n) is 1.41. The number of aliphatic carboxylic acids is 1. The molecule has 0 aliphatic heterocycles. The molecule has 0 saturated heterocycles. The quantitative estimate of drug-likeness (QED) is 0.376. The van der Waals surface area contributed by atoms with Gasteiger partial charge in [-0.3, -0.25) is 4.79 Å². The summed E-state index contributed by atoms with van der Waals surface area (Å²) in [5.41, 5.74) is -1.03. The summed E-state index contributed by atoms with van der Waals surface area (Å²) in [4.78, 5) is 9.00. The normalized spacial score (nSPS) is 13.5. The van der Waals surface area contributed by atoms with Gasteiger partial charge in [-0.25, -0.2) is 0 Å². The van der Waals surface area contributed by atoms with Crippen LogP contribution >= 0.6 is 81.4 Å². The first-order valence-corrected chi connectivity index (χ1v) is 8.30. The standard InChI is InChI=1S/C7H10Cl6OS.C2H4O2/c8-6(9,10)3-1-2-4-15-5(14)7(11,12)13;1-2(3)4/h5,14H,1-4H2;1H3,(H,3,4). The minimum absolute atomic E-state index is 0.474. The highest BCUT2D eigenvalue weighted by molar-refractivity contribution is 8.00. The molecule has 116 valence electrons. The molecule has 0 aliphatic carbocycles. The number of carboxylic acids is 1. The van der Waals surface area contributed by atoms with E-state index in [1.54, 1.807) is 0 Å². The molecule has 19 heavy (non-hydrogen) atoms.